The van der Waals surface area contributed by atoms with E-state index in [4.69, 9.17) is 9.68 Å². The lowest BCUT2D eigenvalue weighted by Crippen LogP contribution is -1.81. The van der Waals surface area contributed by atoms with Crippen LogP contribution in [0.2, 0.25) is 0 Å². The fraction of sp³-hybridized carbons (Fsp3) is 0.143. The lowest BCUT2D eigenvalue weighted by atomic mass is 10.3. The van der Waals surface area contributed by atoms with E-state index in [0.717, 1.165) is 0 Å². The van der Waals surface area contributed by atoms with E-state index in [0.29, 0.717) is 5.56 Å². The van der Waals surface area contributed by atoms with Crippen LogP contribution in [0.4, 0.5) is 0 Å². The number of hydrogen-bond donors (Lipinski definition) is 0. The van der Waals surface area contributed by atoms with Gasteiger partial charge in [0, 0.05) is 0 Å². The molecule has 0 aliphatic rings. The molecule has 1 aromatic heterocycles. The summed E-state index contributed by atoms with van der Waals surface area (Å²) in [4.78, 5) is 4.43. The first-order valence-electron chi connectivity index (χ1n) is 2.92. The third-order valence-electron chi connectivity index (χ3n) is 1.09. The highest BCUT2D eigenvalue weighted by atomic mass is 16.6. The first kappa shape index (κ1) is 7.35. The molecule has 56 valence electrons. The number of nitrogens with zero attached hydrogens (tertiary/aromatic N) is 2. The molecule has 0 bridgehead atoms. The standard InChI is InChI=1S/C7H6N2O2/c1-10-9-5-6-2-3-11-7(6)4-8/h2-3,5H,1H3/b9-5+. The number of furan rings is 1. The summed E-state index contributed by atoms with van der Waals surface area (Å²) in [6, 6.07) is 3.51. The molecule has 0 fully saturated rings. The third kappa shape index (κ3) is 1.58. The number of hydrogen-bond acceptors (Lipinski definition) is 4. The fourth-order valence-electron chi connectivity index (χ4n) is 0.621. The van der Waals surface area contributed by atoms with Gasteiger partial charge in [-0.15, -0.1) is 0 Å². The first-order valence-corrected chi connectivity index (χ1v) is 2.92. The monoisotopic (exact) mass is 150 g/mol. The van der Waals surface area contributed by atoms with Gasteiger partial charge in [-0.25, -0.2) is 0 Å². The zero-order chi connectivity index (χ0) is 8.10. The van der Waals surface area contributed by atoms with E-state index in [1.54, 1.807) is 6.07 Å². The van der Waals surface area contributed by atoms with E-state index in [9.17, 15) is 0 Å². The van der Waals surface area contributed by atoms with Crippen molar-refractivity contribution >= 4 is 6.21 Å². The van der Waals surface area contributed by atoms with Gasteiger partial charge < -0.3 is 9.25 Å². The average Bonchev–Trinajstić information content (AvgIpc) is 2.47. The molecule has 0 aromatic carbocycles. The maximum atomic E-state index is 8.46. The molecule has 0 amide bonds. The van der Waals surface area contributed by atoms with Gasteiger partial charge in [0.15, 0.2) is 0 Å². The first-order chi connectivity index (χ1) is 5.38. The zero-order valence-electron chi connectivity index (χ0n) is 5.94. The number of rotatable bonds is 2. The highest BCUT2D eigenvalue weighted by Crippen LogP contribution is 2.05. The second-order valence-electron chi connectivity index (χ2n) is 1.73. The molecule has 0 radical (unpaired) electrons. The molecular weight excluding hydrogens is 144 g/mol. The van der Waals surface area contributed by atoms with Crippen molar-refractivity contribution in [1.29, 1.82) is 5.26 Å². The van der Waals surface area contributed by atoms with Crippen LogP contribution in [0.25, 0.3) is 0 Å². The maximum absolute atomic E-state index is 8.46. The highest BCUT2D eigenvalue weighted by molar-refractivity contribution is 5.81. The Morgan fingerprint density at radius 3 is 3.27 bits per heavy atom. The van der Waals surface area contributed by atoms with Crippen LogP contribution >= 0.6 is 0 Å². The summed E-state index contributed by atoms with van der Waals surface area (Å²) in [6.45, 7) is 0. The van der Waals surface area contributed by atoms with E-state index in [2.05, 4.69) is 9.99 Å². The van der Waals surface area contributed by atoms with Gasteiger partial charge >= 0.3 is 0 Å². The van der Waals surface area contributed by atoms with Crippen molar-refractivity contribution < 1.29 is 9.25 Å². The quantitative estimate of drug-likeness (QED) is 0.469. The second-order valence-corrected chi connectivity index (χ2v) is 1.73. The van der Waals surface area contributed by atoms with Gasteiger partial charge in [-0.1, -0.05) is 5.16 Å². The van der Waals surface area contributed by atoms with Crippen molar-refractivity contribution in [3.8, 4) is 6.07 Å². The Balaban J connectivity index is 2.87. The molecule has 1 aromatic rings. The molecule has 4 heteroatoms. The molecule has 11 heavy (non-hydrogen) atoms. The Morgan fingerprint density at radius 1 is 1.82 bits per heavy atom. The second kappa shape index (κ2) is 3.42. The van der Waals surface area contributed by atoms with Crippen LogP contribution in [0.15, 0.2) is 21.9 Å². The minimum Gasteiger partial charge on any atom is -0.453 e. The third-order valence-corrected chi connectivity index (χ3v) is 1.09. The summed E-state index contributed by atoms with van der Waals surface area (Å²) in [6.07, 6.45) is 2.84. The highest BCUT2D eigenvalue weighted by Gasteiger charge is 2.00. The predicted octanol–water partition coefficient (Wildman–Crippen LogP) is 1.13. The molecule has 4 nitrogen and oxygen atoms in total. The fourth-order valence-corrected chi connectivity index (χ4v) is 0.621. The molecule has 0 atom stereocenters. The molecule has 1 rings (SSSR count). The van der Waals surface area contributed by atoms with Gasteiger partial charge in [0.05, 0.1) is 18.0 Å². The molecule has 0 aliphatic heterocycles. The van der Waals surface area contributed by atoms with E-state index >= 15 is 0 Å². The molecule has 0 saturated carbocycles. The lowest BCUT2D eigenvalue weighted by Gasteiger charge is -1.84. The average molecular weight is 150 g/mol. The van der Waals surface area contributed by atoms with E-state index in [1.165, 1.54) is 19.6 Å². The SMILES string of the molecule is CO/N=C/c1ccoc1C#N. The van der Waals surface area contributed by atoms with Crippen LogP contribution in [-0.2, 0) is 4.84 Å². The smallest absolute Gasteiger partial charge is 0.212 e. The Kier molecular flexibility index (Phi) is 2.28. The van der Waals surface area contributed by atoms with Crippen molar-refractivity contribution in [3.05, 3.63) is 23.7 Å². The van der Waals surface area contributed by atoms with E-state index in [-0.39, 0.29) is 5.76 Å². The number of nitriles is 1. The summed E-state index contributed by atoms with van der Waals surface area (Å²) in [5.74, 6) is 0.241. The zero-order valence-corrected chi connectivity index (χ0v) is 5.94. The molecule has 1 heterocycles. The Labute approximate surface area is 63.7 Å². The topological polar surface area (TPSA) is 58.5 Å². The van der Waals surface area contributed by atoms with Crippen molar-refractivity contribution in [2.24, 2.45) is 5.16 Å². The number of oxime groups is 1. The van der Waals surface area contributed by atoms with Crippen molar-refractivity contribution in [2.75, 3.05) is 7.11 Å². The molecule has 0 saturated heterocycles. The molecular formula is C7H6N2O2. The van der Waals surface area contributed by atoms with Crippen LogP contribution in [0.1, 0.15) is 11.3 Å². The minimum absolute atomic E-state index is 0.241. The van der Waals surface area contributed by atoms with Gasteiger partial charge in [-0.3, -0.25) is 0 Å². The lowest BCUT2D eigenvalue weighted by molar-refractivity contribution is 0.215. The van der Waals surface area contributed by atoms with Gasteiger partial charge in [0.2, 0.25) is 5.76 Å². The normalized spacial score (nSPS) is 9.82. The summed E-state index contributed by atoms with van der Waals surface area (Å²) in [5.41, 5.74) is 0.620. The van der Waals surface area contributed by atoms with Crippen molar-refractivity contribution in [3.63, 3.8) is 0 Å². The van der Waals surface area contributed by atoms with Crippen LogP contribution in [0, 0.1) is 11.3 Å². The van der Waals surface area contributed by atoms with Crippen LogP contribution < -0.4 is 0 Å². The summed E-state index contributed by atoms with van der Waals surface area (Å²) in [5, 5.41) is 11.9. The molecule has 0 spiro atoms. The molecule has 0 N–H and O–H groups in total. The largest absolute Gasteiger partial charge is 0.453 e. The van der Waals surface area contributed by atoms with E-state index < -0.39 is 0 Å². The van der Waals surface area contributed by atoms with Crippen LogP contribution in [-0.4, -0.2) is 13.3 Å². The van der Waals surface area contributed by atoms with Gasteiger partial charge in [0.25, 0.3) is 0 Å². The van der Waals surface area contributed by atoms with Gasteiger partial charge in [-0.2, -0.15) is 5.26 Å². The molecule has 0 unspecified atom stereocenters. The maximum Gasteiger partial charge on any atom is 0.212 e. The van der Waals surface area contributed by atoms with Gasteiger partial charge in [-0.05, 0) is 6.07 Å². The Hall–Kier alpha value is -1.76. The van der Waals surface area contributed by atoms with Crippen LogP contribution in [0.5, 0.6) is 0 Å². The van der Waals surface area contributed by atoms with Crippen molar-refractivity contribution in [2.45, 2.75) is 0 Å². The molecule has 0 aliphatic carbocycles. The Morgan fingerprint density at radius 2 is 2.64 bits per heavy atom. The van der Waals surface area contributed by atoms with E-state index in [1.807, 2.05) is 6.07 Å². The predicted molar refractivity (Wildman–Crippen MR) is 38.0 cm³/mol. The minimum atomic E-state index is 0.241. The Bertz CT molecular complexity index is 296. The van der Waals surface area contributed by atoms with Crippen LogP contribution in [0.3, 0.4) is 0 Å². The summed E-state index contributed by atoms with van der Waals surface area (Å²) in [7, 11) is 1.43. The summed E-state index contributed by atoms with van der Waals surface area (Å²) >= 11 is 0. The van der Waals surface area contributed by atoms with Crippen molar-refractivity contribution in [1.82, 2.24) is 0 Å². The van der Waals surface area contributed by atoms with Gasteiger partial charge in [0.1, 0.15) is 13.2 Å². The summed E-state index contributed by atoms with van der Waals surface area (Å²) < 4.78 is 4.80.